The molecule has 0 saturated carbocycles. The molecule has 0 spiro atoms. The van der Waals surface area contributed by atoms with Gasteiger partial charge in [-0.3, -0.25) is 4.90 Å². The van der Waals surface area contributed by atoms with Gasteiger partial charge in [-0.25, -0.2) is 9.38 Å². The Balaban J connectivity index is 1.50. The molecule has 0 N–H and O–H groups in total. The minimum Gasteiger partial charge on any atom is -0.308 e. The number of hydrogen-bond donors (Lipinski definition) is 0. The van der Waals surface area contributed by atoms with Gasteiger partial charge in [0, 0.05) is 28.5 Å². The molecule has 0 amide bonds. The highest BCUT2D eigenvalue weighted by Crippen LogP contribution is 2.49. The number of aliphatic imine (C=N–C) groups is 1. The summed E-state index contributed by atoms with van der Waals surface area (Å²) < 4.78 is 13.7. The predicted molar refractivity (Wildman–Crippen MR) is 149 cm³/mol. The zero-order chi connectivity index (χ0) is 24.8. The molecule has 6 rings (SSSR count). The van der Waals surface area contributed by atoms with Gasteiger partial charge >= 0.3 is 0 Å². The quantitative estimate of drug-likeness (QED) is 0.341. The second-order valence-corrected chi connectivity index (χ2v) is 10.8. The Morgan fingerprint density at radius 2 is 1.58 bits per heavy atom. The fourth-order valence-corrected chi connectivity index (χ4v) is 6.14. The van der Waals surface area contributed by atoms with Crippen molar-refractivity contribution in [3.8, 4) is 0 Å². The molecular weight excluding hydrogens is 512 g/mol. The van der Waals surface area contributed by atoms with Crippen LogP contribution in [0.15, 0.2) is 100 Å². The number of fused-ring (bicyclic) bond motifs is 1. The molecule has 3 aromatic rings. The monoisotopic (exact) mass is 533 g/mol. The molecule has 180 valence electrons. The van der Waals surface area contributed by atoms with Crippen LogP contribution in [0.25, 0.3) is 11.8 Å². The molecule has 1 unspecified atom stereocenters. The summed E-state index contributed by atoms with van der Waals surface area (Å²) in [5.74, 6) is -0.248. The smallest absolute Gasteiger partial charge is 0.174 e. The highest BCUT2D eigenvalue weighted by atomic mass is 35.5. The first-order chi connectivity index (χ1) is 17.5. The van der Waals surface area contributed by atoms with Crippen molar-refractivity contribution in [3.05, 3.63) is 128 Å². The van der Waals surface area contributed by atoms with Crippen molar-refractivity contribution in [1.82, 2.24) is 9.80 Å². The second-order valence-electron chi connectivity index (χ2n) is 9.11. The predicted octanol–water partition coefficient (Wildman–Crippen LogP) is 7.87. The largest absolute Gasteiger partial charge is 0.308 e. The summed E-state index contributed by atoms with van der Waals surface area (Å²) in [6.07, 6.45) is 2.20. The molecular formula is C29H22Cl2FN3S. The van der Waals surface area contributed by atoms with Crippen LogP contribution in [0.3, 0.4) is 0 Å². The van der Waals surface area contributed by atoms with E-state index >= 15 is 0 Å². The lowest BCUT2D eigenvalue weighted by atomic mass is 9.88. The number of hydrogen-bond acceptors (Lipinski definition) is 4. The van der Waals surface area contributed by atoms with Gasteiger partial charge in [-0.2, -0.15) is 0 Å². The second kappa shape index (κ2) is 9.56. The van der Waals surface area contributed by atoms with E-state index in [0.29, 0.717) is 5.02 Å². The van der Waals surface area contributed by atoms with Crippen LogP contribution in [0.5, 0.6) is 0 Å². The average Bonchev–Trinajstić information content (AvgIpc) is 3.29. The Morgan fingerprint density at radius 1 is 0.917 bits per heavy atom. The van der Waals surface area contributed by atoms with Crippen LogP contribution >= 0.6 is 35.0 Å². The van der Waals surface area contributed by atoms with Crippen LogP contribution in [0.2, 0.25) is 10.0 Å². The van der Waals surface area contributed by atoms with Crippen molar-refractivity contribution in [2.75, 3.05) is 20.1 Å². The van der Waals surface area contributed by atoms with Crippen LogP contribution in [0.4, 0.5) is 4.39 Å². The van der Waals surface area contributed by atoms with Crippen molar-refractivity contribution in [2.24, 2.45) is 4.99 Å². The van der Waals surface area contributed by atoms with Crippen LogP contribution in [0.1, 0.15) is 22.7 Å². The Hall–Kier alpha value is -2.83. The van der Waals surface area contributed by atoms with Gasteiger partial charge in [0.1, 0.15) is 5.82 Å². The molecule has 36 heavy (non-hydrogen) atoms. The molecule has 0 saturated heterocycles. The number of amidine groups is 1. The summed E-state index contributed by atoms with van der Waals surface area (Å²) in [7, 11) is 2.13. The number of benzene rings is 3. The zero-order valence-corrected chi connectivity index (χ0v) is 21.8. The lowest BCUT2D eigenvalue weighted by Gasteiger charge is -2.42. The Morgan fingerprint density at radius 3 is 2.28 bits per heavy atom. The summed E-state index contributed by atoms with van der Waals surface area (Å²) >= 11 is 14.0. The maximum absolute atomic E-state index is 13.7. The number of rotatable bonds is 3. The van der Waals surface area contributed by atoms with Crippen LogP contribution in [-0.4, -0.2) is 35.1 Å². The Bertz CT molecular complexity index is 1440. The molecule has 0 radical (unpaired) electrons. The molecule has 3 nitrogen and oxygen atoms in total. The first-order valence-electron chi connectivity index (χ1n) is 11.6. The van der Waals surface area contributed by atoms with Crippen LogP contribution in [0, 0.1) is 5.82 Å². The third-order valence-corrected chi connectivity index (χ3v) is 7.91. The minimum absolute atomic E-state index is 0.0626. The molecule has 0 aliphatic carbocycles. The van der Waals surface area contributed by atoms with E-state index in [1.807, 2.05) is 48.5 Å². The maximum Gasteiger partial charge on any atom is 0.174 e. The molecule has 0 aromatic heterocycles. The van der Waals surface area contributed by atoms with Crippen LogP contribution < -0.4 is 0 Å². The third kappa shape index (κ3) is 4.41. The van der Waals surface area contributed by atoms with E-state index < -0.39 is 0 Å². The van der Waals surface area contributed by atoms with Gasteiger partial charge in [-0.1, -0.05) is 59.2 Å². The Labute approximate surface area is 224 Å². The lowest BCUT2D eigenvalue weighted by Crippen LogP contribution is -2.40. The number of likely N-dealkylation sites (N-methyl/N-ethyl adjacent to an activating group) is 1. The molecule has 3 heterocycles. The average molecular weight is 534 g/mol. The molecule has 1 atom stereocenters. The summed E-state index contributed by atoms with van der Waals surface area (Å²) in [6.45, 7) is 1.59. The van der Waals surface area contributed by atoms with Gasteiger partial charge in [0.2, 0.25) is 0 Å². The van der Waals surface area contributed by atoms with Crippen molar-refractivity contribution >= 4 is 51.9 Å². The highest BCUT2D eigenvalue weighted by molar-refractivity contribution is 8.16. The van der Waals surface area contributed by atoms with Crippen molar-refractivity contribution in [1.29, 1.82) is 0 Å². The van der Waals surface area contributed by atoms with E-state index in [1.165, 1.54) is 23.3 Å². The number of nitrogens with zero attached hydrogens (tertiary/aromatic N) is 3. The summed E-state index contributed by atoms with van der Waals surface area (Å²) in [4.78, 5) is 9.78. The van der Waals surface area contributed by atoms with Gasteiger partial charge in [0.25, 0.3) is 0 Å². The molecule has 3 aliphatic rings. The molecule has 3 aromatic carbocycles. The fourth-order valence-electron chi connectivity index (χ4n) is 4.96. The summed E-state index contributed by atoms with van der Waals surface area (Å²) in [5.41, 5.74) is 7.63. The SMILES string of the molecule is CN1CC(=Cc2ccc(Cl)cc2)C2=C(C1)C(c1ccc(Cl)cc1)N1C(c3ccc(F)cc3)=CSC1=N2. The molecule has 7 heteroatoms. The fraction of sp³-hybridized carbons (Fsp3) is 0.138. The van der Waals surface area contributed by atoms with Crippen molar-refractivity contribution in [3.63, 3.8) is 0 Å². The number of thioether (sulfide) groups is 1. The first-order valence-corrected chi connectivity index (χ1v) is 13.2. The Kier molecular flexibility index (Phi) is 6.26. The number of halogens is 3. The van der Waals surface area contributed by atoms with Gasteiger partial charge in [0.05, 0.1) is 17.4 Å². The van der Waals surface area contributed by atoms with Gasteiger partial charge in [-0.05, 0) is 89.5 Å². The highest BCUT2D eigenvalue weighted by Gasteiger charge is 2.41. The van der Waals surface area contributed by atoms with Crippen molar-refractivity contribution < 1.29 is 4.39 Å². The van der Waals surface area contributed by atoms with Crippen molar-refractivity contribution in [2.45, 2.75) is 6.04 Å². The normalized spacial score (nSPS) is 20.8. The van der Waals surface area contributed by atoms with E-state index in [4.69, 9.17) is 28.2 Å². The summed E-state index contributed by atoms with van der Waals surface area (Å²) in [5, 5.41) is 4.45. The van der Waals surface area contributed by atoms with E-state index in [9.17, 15) is 4.39 Å². The van der Waals surface area contributed by atoms with Gasteiger partial charge in [0.15, 0.2) is 5.17 Å². The van der Waals surface area contributed by atoms with E-state index in [1.54, 1.807) is 11.8 Å². The van der Waals surface area contributed by atoms with E-state index in [0.717, 1.165) is 51.4 Å². The third-order valence-electron chi connectivity index (χ3n) is 6.56. The molecule has 0 bridgehead atoms. The lowest BCUT2D eigenvalue weighted by molar-refractivity contribution is 0.344. The zero-order valence-electron chi connectivity index (χ0n) is 19.5. The topological polar surface area (TPSA) is 18.8 Å². The van der Waals surface area contributed by atoms with Gasteiger partial charge < -0.3 is 4.90 Å². The van der Waals surface area contributed by atoms with Gasteiger partial charge in [-0.15, -0.1) is 0 Å². The minimum atomic E-state index is -0.248. The van der Waals surface area contributed by atoms with E-state index in [2.05, 4.69) is 40.5 Å². The standard InChI is InChI=1S/C29H22Cl2FN3S/c1-34-15-21(14-18-2-8-22(30)9-3-18)27-25(16-34)28(20-4-10-23(31)11-5-20)35-26(17-36-29(35)33-27)19-6-12-24(32)13-7-19/h2-14,17,28H,15-16H2,1H3. The first kappa shape index (κ1) is 23.6. The maximum atomic E-state index is 13.7. The van der Waals surface area contributed by atoms with Crippen LogP contribution in [-0.2, 0) is 0 Å². The van der Waals surface area contributed by atoms with E-state index in [-0.39, 0.29) is 11.9 Å². The molecule has 0 fully saturated rings. The molecule has 3 aliphatic heterocycles. The summed E-state index contributed by atoms with van der Waals surface area (Å²) in [6, 6.07) is 22.5.